The molecule has 2 saturated carbocycles. The van der Waals surface area contributed by atoms with Gasteiger partial charge in [0.05, 0.1) is 0 Å². The van der Waals surface area contributed by atoms with E-state index in [2.05, 4.69) is 20.8 Å². The SMILES string of the molecule is CC(C)(C)C1CCC(N)C(C2CCCCC2)C1. The second-order valence-electron chi connectivity index (χ2n) is 7.60. The van der Waals surface area contributed by atoms with Gasteiger partial charge in [0, 0.05) is 6.04 Å². The Hall–Kier alpha value is -0.0400. The highest BCUT2D eigenvalue weighted by molar-refractivity contribution is 4.91. The third kappa shape index (κ3) is 3.24. The molecular formula is C16H31N. The number of hydrogen-bond donors (Lipinski definition) is 1. The molecule has 0 aliphatic heterocycles. The summed E-state index contributed by atoms with van der Waals surface area (Å²) in [5.41, 5.74) is 6.89. The van der Waals surface area contributed by atoms with Crippen molar-refractivity contribution >= 4 is 0 Å². The Labute approximate surface area is 108 Å². The second-order valence-corrected chi connectivity index (χ2v) is 7.60. The fourth-order valence-corrected chi connectivity index (χ4v) is 4.12. The first-order valence-electron chi connectivity index (χ1n) is 7.74. The lowest BCUT2D eigenvalue weighted by Gasteiger charge is -2.44. The Kier molecular flexibility index (Phi) is 4.18. The summed E-state index contributed by atoms with van der Waals surface area (Å²) in [7, 11) is 0. The smallest absolute Gasteiger partial charge is 0.00700 e. The van der Waals surface area contributed by atoms with Gasteiger partial charge in [-0.15, -0.1) is 0 Å². The fourth-order valence-electron chi connectivity index (χ4n) is 4.12. The summed E-state index contributed by atoms with van der Waals surface area (Å²) in [6, 6.07) is 0.497. The van der Waals surface area contributed by atoms with Gasteiger partial charge in [-0.3, -0.25) is 0 Å². The standard InChI is InChI=1S/C16H31N/c1-16(2,3)13-9-10-15(17)14(11-13)12-7-5-4-6-8-12/h12-15H,4-11,17H2,1-3H3. The van der Waals surface area contributed by atoms with E-state index < -0.39 is 0 Å². The summed E-state index contributed by atoms with van der Waals surface area (Å²) in [4.78, 5) is 0. The van der Waals surface area contributed by atoms with Crippen molar-refractivity contribution in [2.45, 2.75) is 78.2 Å². The van der Waals surface area contributed by atoms with E-state index in [0.717, 1.165) is 17.8 Å². The summed E-state index contributed by atoms with van der Waals surface area (Å²) >= 11 is 0. The molecule has 0 heterocycles. The molecule has 0 saturated heterocycles. The van der Waals surface area contributed by atoms with E-state index in [4.69, 9.17) is 5.73 Å². The van der Waals surface area contributed by atoms with Gasteiger partial charge in [0.25, 0.3) is 0 Å². The molecule has 0 aromatic rings. The first-order chi connectivity index (χ1) is 7.98. The van der Waals surface area contributed by atoms with E-state index in [0.29, 0.717) is 11.5 Å². The Morgan fingerprint density at radius 1 is 0.882 bits per heavy atom. The van der Waals surface area contributed by atoms with Crippen molar-refractivity contribution in [2.75, 3.05) is 0 Å². The van der Waals surface area contributed by atoms with Crippen molar-refractivity contribution in [3.8, 4) is 0 Å². The average molecular weight is 237 g/mol. The predicted octanol–water partition coefficient (Wildman–Crippen LogP) is 4.36. The maximum Gasteiger partial charge on any atom is 0.00700 e. The minimum absolute atomic E-state index is 0.479. The largest absolute Gasteiger partial charge is 0.327 e. The van der Waals surface area contributed by atoms with E-state index >= 15 is 0 Å². The molecule has 1 nitrogen and oxygen atoms in total. The first-order valence-corrected chi connectivity index (χ1v) is 7.74. The van der Waals surface area contributed by atoms with Gasteiger partial charge in [0.15, 0.2) is 0 Å². The van der Waals surface area contributed by atoms with Crippen LogP contribution in [0.5, 0.6) is 0 Å². The van der Waals surface area contributed by atoms with Crippen molar-refractivity contribution in [3.05, 3.63) is 0 Å². The van der Waals surface area contributed by atoms with Gasteiger partial charge < -0.3 is 5.73 Å². The van der Waals surface area contributed by atoms with E-state index in [1.54, 1.807) is 0 Å². The van der Waals surface area contributed by atoms with E-state index in [1.807, 2.05) is 0 Å². The van der Waals surface area contributed by atoms with Gasteiger partial charge in [-0.1, -0.05) is 52.9 Å². The quantitative estimate of drug-likeness (QED) is 0.720. The zero-order chi connectivity index (χ0) is 12.5. The second kappa shape index (κ2) is 5.30. The molecule has 0 amide bonds. The molecule has 0 aromatic heterocycles. The van der Waals surface area contributed by atoms with Crippen molar-refractivity contribution in [1.82, 2.24) is 0 Å². The molecule has 3 atom stereocenters. The predicted molar refractivity (Wildman–Crippen MR) is 74.8 cm³/mol. The first kappa shape index (κ1) is 13.4. The Balaban J connectivity index is 1.99. The van der Waals surface area contributed by atoms with E-state index in [9.17, 15) is 0 Å². The molecule has 0 bridgehead atoms. The Bertz CT molecular complexity index is 234. The van der Waals surface area contributed by atoms with Crippen LogP contribution in [-0.2, 0) is 0 Å². The summed E-state index contributed by atoms with van der Waals surface area (Å²) in [5, 5.41) is 0. The van der Waals surface area contributed by atoms with Crippen LogP contribution in [0.2, 0.25) is 0 Å². The zero-order valence-corrected chi connectivity index (χ0v) is 12.0. The highest BCUT2D eigenvalue weighted by Crippen LogP contribution is 2.45. The van der Waals surface area contributed by atoms with E-state index in [1.165, 1.54) is 51.4 Å². The van der Waals surface area contributed by atoms with Crippen LogP contribution in [0.3, 0.4) is 0 Å². The molecule has 0 spiro atoms. The van der Waals surface area contributed by atoms with Crippen molar-refractivity contribution in [2.24, 2.45) is 28.9 Å². The van der Waals surface area contributed by atoms with Crippen LogP contribution in [0.1, 0.15) is 72.1 Å². The summed E-state index contributed by atoms with van der Waals surface area (Å²) in [5.74, 6) is 2.67. The van der Waals surface area contributed by atoms with Gasteiger partial charge in [-0.2, -0.15) is 0 Å². The molecule has 2 N–H and O–H groups in total. The van der Waals surface area contributed by atoms with Crippen LogP contribution in [0.15, 0.2) is 0 Å². The summed E-state index contributed by atoms with van der Waals surface area (Å²) in [6.07, 6.45) is 11.3. The molecule has 2 aliphatic rings. The van der Waals surface area contributed by atoms with Crippen molar-refractivity contribution in [1.29, 1.82) is 0 Å². The van der Waals surface area contributed by atoms with Crippen LogP contribution in [0.25, 0.3) is 0 Å². The Morgan fingerprint density at radius 2 is 1.53 bits per heavy atom. The van der Waals surface area contributed by atoms with Crippen molar-refractivity contribution < 1.29 is 0 Å². The summed E-state index contributed by atoms with van der Waals surface area (Å²) < 4.78 is 0. The molecular weight excluding hydrogens is 206 g/mol. The molecule has 0 radical (unpaired) electrons. The van der Waals surface area contributed by atoms with Crippen LogP contribution in [-0.4, -0.2) is 6.04 Å². The van der Waals surface area contributed by atoms with Crippen LogP contribution >= 0.6 is 0 Å². The molecule has 2 fully saturated rings. The van der Waals surface area contributed by atoms with Gasteiger partial charge in [0.1, 0.15) is 0 Å². The zero-order valence-electron chi connectivity index (χ0n) is 12.0. The third-order valence-corrected chi connectivity index (χ3v) is 5.44. The molecule has 2 rings (SSSR count). The fraction of sp³-hybridized carbons (Fsp3) is 1.00. The molecule has 2 aliphatic carbocycles. The van der Waals surface area contributed by atoms with Crippen LogP contribution in [0, 0.1) is 23.2 Å². The molecule has 0 aromatic carbocycles. The molecule has 1 heteroatoms. The molecule has 100 valence electrons. The average Bonchev–Trinajstić information content (AvgIpc) is 2.29. The number of hydrogen-bond acceptors (Lipinski definition) is 1. The molecule has 3 unspecified atom stereocenters. The maximum atomic E-state index is 6.42. The minimum Gasteiger partial charge on any atom is -0.327 e. The van der Waals surface area contributed by atoms with Crippen LogP contribution < -0.4 is 5.73 Å². The van der Waals surface area contributed by atoms with E-state index in [-0.39, 0.29) is 0 Å². The Morgan fingerprint density at radius 3 is 2.12 bits per heavy atom. The number of nitrogens with two attached hydrogens (primary N) is 1. The third-order valence-electron chi connectivity index (χ3n) is 5.44. The van der Waals surface area contributed by atoms with Crippen LogP contribution in [0.4, 0.5) is 0 Å². The maximum absolute atomic E-state index is 6.42. The monoisotopic (exact) mass is 237 g/mol. The highest BCUT2D eigenvalue weighted by Gasteiger charge is 2.38. The van der Waals surface area contributed by atoms with Gasteiger partial charge in [-0.05, 0) is 42.4 Å². The number of rotatable bonds is 1. The lowest BCUT2D eigenvalue weighted by Crippen LogP contribution is -2.43. The lowest BCUT2D eigenvalue weighted by atomic mass is 9.63. The van der Waals surface area contributed by atoms with Gasteiger partial charge >= 0.3 is 0 Å². The minimum atomic E-state index is 0.479. The van der Waals surface area contributed by atoms with Crippen molar-refractivity contribution in [3.63, 3.8) is 0 Å². The lowest BCUT2D eigenvalue weighted by molar-refractivity contribution is 0.0810. The molecule has 17 heavy (non-hydrogen) atoms. The normalized spacial score (nSPS) is 37.1. The topological polar surface area (TPSA) is 26.0 Å². The van der Waals surface area contributed by atoms with Gasteiger partial charge in [0.2, 0.25) is 0 Å². The summed E-state index contributed by atoms with van der Waals surface area (Å²) in [6.45, 7) is 7.23. The van der Waals surface area contributed by atoms with Gasteiger partial charge in [-0.25, -0.2) is 0 Å². The highest BCUT2D eigenvalue weighted by atomic mass is 14.7.